The lowest BCUT2D eigenvalue weighted by molar-refractivity contribution is -0.143. The monoisotopic (exact) mass is 243 g/mol. The topological polar surface area (TPSA) is 75.6 Å². The van der Waals surface area contributed by atoms with Crippen LogP contribution in [0.15, 0.2) is 0 Å². The zero-order chi connectivity index (χ0) is 12.8. The minimum absolute atomic E-state index is 0.0506. The Bertz CT molecular complexity index is 272. The molecule has 1 saturated heterocycles. The molecule has 5 nitrogen and oxygen atoms in total. The van der Waals surface area contributed by atoms with Gasteiger partial charge in [-0.1, -0.05) is 13.8 Å². The molecule has 98 valence electrons. The molecule has 1 fully saturated rings. The summed E-state index contributed by atoms with van der Waals surface area (Å²) in [5.74, 6) is -1.35. The van der Waals surface area contributed by atoms with Gasteiger partial charge in [0.2, 0.25) is 5.91 Å². The van der Waals surface area contributed by atoms with Crippen LogP contribution in [-0.2, 0) is 14.3 Å². The molecule has 0 saturated carbocycles. The fourth-order valence-corrected chi connectivity index (χ4v) is 1.92. The van der Waals surface area contributed by atoms with E-state index in [0.29, 0.717) is 6.61 Å². The molecule has 0 aromatic heterocycles. The summed E-state index contributed by atoms with van der Waals surface area (Å²) in [5, 5.41) is 11.5. The van der Waals surface area contributed by atoms with Crippen molar-refractivity contribution in [2.45, 2.75) is 51.7 Å². The Morgan fingerprint density at radius 2 is 2.12 bits per heavy atom. The van der Waals surface area contributed by atoms with E-state index in [9.17, 15) is 9.59 Å². The zero-order valence-electron chi connectivity index (χ0n) is 10.4. The first-order valence-electron chi connectivity index (χ1n) is 6.14. The van der Waals surface area contributed by atoms with E-state index in [4.69, 9.17) is 9.84 Å². The van der Waals surface area contributed by atoms with Crippen LogP contribution in [0.5, 0.6) is 0 Å². The highest BCUT2D eigenvalue weighted by molar-refractivity contribution is 5.83. The van der Waals surface area contributed by atoms with Crippen LogP contribution in [0.3, 0.4) is 0 Å². The highest BCUT2D eigenvalue weighted by atomic mass is 16.5. The summed E-state index contributed by atoms with van der Waals surface area (Å²) in [5.41, 5.74) is 0. The summed E-state index contributed by atoms with van der Waals surface area (Å²) in [6.07, 6.45) is 3.21. The highest BCUT2D eigenvalue weighted by Crippen LogP contribution is 2.15. The van der Waals surface area contributed by atoms with Crippen molar-refractivity contribution < 1.29 is 19.4 Å². The second-order valence-corrected chi connectivity index (χ2v) is 4.82. The molecule has 17 heavy (non-hydrogen) atoms. The molecular formula is C12H21NO4. The van der Waals surface area contributed by atoms with Gasteiger partial charge in [0.05, 0.1) is 12.5 Å². The first-order chi connectivity index (χ1) is 8.00. The summed E-state index contributed by atoms with van der Waals surface area (Å²) < 4.78 is 5.44. The maximum atomic E-state index is 11.7. The van der Waals surface area contributed by atoms with E-state index in [0.717, 1.165) is 19.3 Å². The van der Waals surface area contributed by atoms with E-state index in [1.807, 2.05) is 0 Å². The Kier molecular flexibility index (Phi) is 5.41. The van der Waals surface area contributed by atoms with Crippen LogP contribution < -0.4 is 5.32 Å². The third kappa shape index (κ3) is 4.73. The highest BCUT2D eigenvalue weighted by Gasteiger charge is 2.25. The zero-order valence-corrected chi connectivity index (χ0v) is 10.4. The molecular weight excluding hydrogens is 222 g/mol. The normalized spacial score (nSPS) is 22.2. The van der Waals surface area contributed by atoms with Crippen molar-refractivity contribution in [3.05, 3.63) is 0 Å². The minimum atomic E-state index is -0.988. The van der Waals surface area contributed by atoms with Crippen molar-refractivity contribution >= 4 is 11.9 Å². The first kappa shape index (κ1) is 14.0. The van der Waals surface area contributed by atoms with Gasteiger partial charge < -0.3 is 15.2 Å². The minimum Gasteiger partial charge on any atom is -0.480 e. The molecule has 0 unspecified atom stereocenters. The first-order valence-corrected chi connectivity index (χ1v) is 6.14. The van der Waals surface area contributed by atoms with Crippen LogP contribution >= 0.6 is 0 Å². The Morgan fingerprint density at radius 1 is 1.41 bits per heavy atom. The maximum absolute atomic E-state index is 11.7. The molecule has 0 aromatic carbocycles. The molecule has 1 heterocycles. The fourth-order valence-electron chi connectivity index (χ4n) is 1.92. The van der Waals surface area contributed by atoms with Gasteiger partial charge in [0, 0.05) is 6.61 Å². The largest absolute Gasteiger partial charge is 0.480 e. The molecule has 0 aromatic rings. The van der Waals surface area contributed by atoms with Crippen LogP contribution in [0.2, 0.25) is 0 Å². The Hall–Kier alpha value is -1.10. The van der Waals surface area contributed by atoms with Gasteiger partial charge in [-0.05, 0) is 25.2 Å². The summed E-state index contributed by atoms with van der Waals surface area (Å²) in [6, 6.07) is -0.814. The number of rotatable bonds is 5. The van der Waals surface area contributed by atoms with Crippen LogP contribution in [0.25, 0.3) is 0 Å². The van der Waals surface area contributed by atoms with Crippen molar-refractivity contribution in [1.82, 2.24) is 5.32 Å². The third-order valence-electron chi connectivity index (χ3n) is 2.94. The van der Waals surface area contributed by atoms with E-state index in [1.54, 1.807) is 13.8 Å². The van der Waals surface area contributed by atoms with E-state index in [1.165, 1.54) is 0 Å². The molecule has 0 spiro atoms. The number of carboxylic acid groups (broad SMARTS) is 1. The maximum Gasteiger partial charge on any atom is 0.326 e. The van der Waals surface area contributed by atoms with Gasteiger partial charge in [0.25, 0.3) is 0 Å². The van der Waals surface area contributed by atoms with Crippen LogP contribution in [-0.4, -0.2) is 35.7 Å². The summed E-state index contributed by atoms with van der Waals surface area (Å²) in [4.78, 5) is 22.6. The second-order valence-electron chi connectivity index (χ2n) is 4.82. The van der Waals surface area contributed by atoms with E-state index in [-0.39, 0.29) is 24.3 Å². The molecule has 1 amide bonds. The number of nitrogens with one attached hydrogen (secondary N) is 1. The quantitative estimate of drug-likeness (QED) is 0.760. The van der Waals surface area contributed by atoms with E-state index in [2.05, 4.69) is 5.32 Å². The molecule has 0 aliphatic carbocycles. The fraction of sp³-hybridized carbons (Fsp3) is 0.833. The smallest absolute Gasteiger partial charge is 0.326 e. The lowest BCUT2D eigenvalue weighted by Crippen LogP contribution is -2.45. The Labute approximate surface area is 102 Å². The SMILES string of the molecule is CC(C)[C@@H](NC(=O)C[C@H]1CCCCO1)C(=O)O. The van der Waals surface area contributed by atoms with Gasteiger partial charge in [-0.3, -0.25) is 4.79 Å². The lowest BCUT2D eigenvalue weighted by Gasteiger charge is -2.23. The standard InChI is InChI=1S/C12H21NO4/c1-8(2)11(12(15)16)13-10(14)7-9-5-3-4-6-17-9/h8-9,11H,3-7H2,1-2H3,(H,13,14)(H,15,16)/t9-,11-/m1/s1. The summed E-state index contributed by atoms with van der Waals surface area (Å²) in [6.45, 7) is 4.25. The Morgan fingerprint density at radius 3 is 2.59 bits per heavy atom. The molecule has 1 aliphatic heterocycles. The van der Waals surface area contributed by atoms with Crippen molar-refractivity contribution in [3.8, 4) is 0 Å². The molecule has 5 heteroatoms. The second kappa shape index (κ2) is 6.59. The summed E-state index contributed by atoms with van der Waals surface area (Å²) in [7, 11) is 0. The number of ether oxygens (including phenoxy) is 1. The average Bonchev–Trinajstić information content (AvgIpc) is 2.26. The van der Waals surface area contributed by atoms with Crippen LogP contribution in [0.4, 0.5) is 0 Å². The predicted molar refractivity (Wildman–Crippen MR) is 62.6 cm³/mol. The number of aliphatic carboxylic acids is 1. The van der Waals surface area contributed by atoms with Crippen LogP contribution in [0.1, 0.15) is 39.5 Å². The predicted octanol–water partition coefficient (Wildman–Crippen LogP) is 1.17. The molecule has 0 bridgehead atoms. The molecule has 1 rings (SSSR count). The van der Waals surface area contributed by atoms with Gasteiger partial charge in [0.1, 0.15) is 6.04 Å². The molecule has 0 radical (unpaired) electrons. The van der Waals surface area contributed by atoms with E-state index < -0.39 is 12.0 Å². The van der Waals surface area contributed by atoms with Crippen LogP contribution in [0, 0.1) is 5.92 Å². The lowest BCUT2D eigenvalue weighted by atomic mass is 10.0. The van der Waals surface area contributed by atoms with Gasteiger partial charge in [-0.15, -0.1) is 0 Å². The van der Waals surface area contributed by atoms with Gasteiger partial charge in [-0.25, -0.2) is 4.79 Å². The molecule has 2 atom stereocenters. The van der Waals surface area contributed by atoms with Crippen molar-refractivity contribution in [3.63, 3.8) is 0 Å². The van der Waals surface area contributed by atoms with Gasteiger partial charge >= 0.3 is 5.97 Å². The van der Waals surface area contributed by atoms with Crippen molar-refractivity contribution in [1.29, 1.82) is 0 Å². The van der Waals surface area contributed by atoms with Crippen molar-refractivity contribution in [2.24, 2.45) is 5.92 Å². The van der Waals surface area contributed by atoms with Crippen molar-refractivity contribution in [2.75, 3.05) is 6.61 Å². The third-order valence-corrected chi connectivity index (χ3v) is 2.94. The number of carbonyl (C=O) groups excluding carboxylic acids is 1. The Balaban J connectivity index is 2.38. The van der Waals surface area contributed by atoms with Gasteiger partial charge in [0.15, 0.2) is 0 Å². The number of carbonyl (C=O) groups is 2. The number of carboxylic acids is 1. The van der Waals surface area contributed by atoms with Gasteiger partial charge in [-0.2, -0.15) is 0 Å². The number of hydrogen-bond donors (Lipinski definition) is 2. The average molecular weight is 243 g/mol. The number of hydrogen-bond acceptors (Lipinski definition) is 3. The summed E-state index contributed by atoms with van der Waals surface area (Å²) >= 11 is 0. The van der Waals surface area contributed by atoms with E-state index >= 15 is 0 Å². The molecule has 2 N–H and O–H groups in total. The molecule has 1 aliphatic rings. The number of amides is 1.